The Balaban J connectivity index is 1.38. The Bertz CT molecular complexity index is 544. The van der Waals surface area contributed by atoms with E-state index in [9.17, 15) is 4.79 Å². The standard InChI is InChI=1S/C21H34N4O/c1-24-14-16-25(17-15-24)20-10-8-19(9-11-20)23-21(26)12-13-22-18-6-4-2-3-5-7-18/h8-11,18,22H,2-7,12-17H2,1H3,(H,23,26). The number of carbonyl (C=O) groups is 1. The molecule has 0 atom stereocenters. The summed E-state index contributed by atoms with van der Waals surface area (Å²) < 4.78 is 0. The van der Waals surface area contributed by atoms with Crippen LogP contribution in [-0.4, -0.2) is 56.6 Å². The van der Waals surface area contributed by atoms with Crippen molar-refractivity contribution >= 4 is 17.3 Å². The van der Waals surface area contributed by atoms with Crippen LogP contribution in [0.1, 0.15) is 44.9 Å². The predicted molar refractivity (Wildman–Crippen MR) is 109 cm³/mol. The van der Waals surface area contributed by atoms with E-state index >= 15 is 0 Å². The molecular weight excluding hydrogens is 324 g/mol. The Hall–Kier alpha value is -1.59. The van der Waals surface area contributed by atoms with E-state index in [-0.39, 0.29) is 5.91 Å². The van der Waals surface area contributed by atoms with Gasteiger partial charge < -0.3 is 20.4 Å². The number of rotatable bonds is 6. The minimum atomic E-state index is 0.0958. The first-order valence-electron chi connectivity index (χ1n) is 10.3. The van der Waals surface area contributed by atoms with Crippen molar-refractivity contribution in [1.82, 2.24) is 10.2 Å². The lowest BCUT2D eigenvalue weighted by Gasteiger charge is -2.34. The zero-order chi connectivity index (χ0) is 18.2. The zero-order valence-corrected chi connectivity index (χ0v) is 16.2. The highest BCUT2D eigenvalue weighted by atomic mass is 16.1. The average molecular weight is 359 g/mol. The van der Waals surface area contributed by atoms with Crippen LogP contribution in [-0.2, 0) is 4.79 Å². The quantitative estimate of drug-likeness (QED) is 0.767. The van der Waals surface area contributed by atoms with E-state index in [0.717, 1.165) is 38.4 Å². The summed E-state index contributed by atoms with van der Waals surface area (Å²) in [6.45, 7) is 5.11. The molecule has 2 fully saturated rings. The van der Waals surface area contributed by atoms with Gasteiger partial charge in [0.25, 0.3) is 0 Å². The molecule has 3 rings (SSSR count). The molecular formula is C21H34N4O. The molecule has 26 heavy (non-hydrogen) atoms. The Morgan fingerprint density at radius 1 is 1.00 bits per heavy atom. The van der Waals surface area contributed by atoms with Crippen molar-refractivity contribution in [2.75, 3.05) is 50.0 Å². The highest BCUT2D eigenvalue weighted by Crippen LogP contribution is 2.20. The molecule has 1 heterocycles. The van der Waals surface area contributed by atoms with Gasteiger partial charge in [-0.25, -0.2) is 0 Å². The number of nitrogens with one attached hydrogen (secondary N) is 2. The van der Waals surface area contributed by atoms with Gasteiger partial charge >= 0.3 is 0 Å². The summed E-state index contributed by atoms with van der Waals surface area (Å²) in [4.78, 5) is 16.9. The summed E-state index contributed by atoms with van der Waals surface area (Å²) in [6.07, 6.45) is 8.43. The van der Waals surface area contributed by atoms with Gasteiger partial charge in [0, 0.05) is 56.6 Å². The molecule has 5 nitrogen and oxygen atoms in total. The molecule has 2 aliphatic rings. The Morgan fingerprint density at radius 2 is 1.65 bits per heavy atom. The summed E-state index contributed by atoms with van der Waals surface area (Å²) in [5.41, 5.74) is 2.13. The minimum Gasteiger partial charge on any atom is -0.369 e. The van der Waals surface area contributed by atoms with E-state index in [1.54, 1.807) is 0 Å². The maximum absolute atomic E-state index is 12.2. The molecule has 1 aliphatic carbocycles. The summed E-state index contributed by atoms with van der Waals surface area (Å²) in [6, 6.07) is 8.87. The number of hydrogen-bond acceptors (Lipinski definition) is 4. The third-order valence-corrected chi connectivity index (χ3v) is 5.66. The fourth-order valence-corrected chi connectivity index (χ4v) is 3.92. The van der Waals surface area contributed by atoms with E-state index in [1.807, 2.05) is 12.1 Å². The molecule has 1 amide bonds. The fourth-order valence-electron chi connectivity index (χ4n) is 3.92. The first-order chi connectivity index (χ1) is 12.7. The summed E-state index contributed by atoms with van der Waals surface area (Å²) in [5, 5.41) is 6.59. The fraction of sp³-hybridized carbons (Fsp3) is 0.667. The van der Waals surface area contributed by atoms with Crippen molar-refractivity contribution in [2.24, 2.45) is 0 Å². The predicted octanol–water partition coefficient (Wildman–Crippen LogP) is 3.08. The average Bonchev–Trinajstić information content (AvgIpc) is 2.92. The van der Waals surface area contributed by atoms with E-state index in [1.165, 1.54) is 44.2 Å². The van der Waals surface area contributed by atoms with Crippen molar-refractivity contribution < 1.29 is 4.79 Å². The lowest BCUT2D eigenvalue weighted by Crippen LogP contribution is -2.44. The molecule has 1 aliphatic heterocycles. The summed E-state index contributed by atoms with van der Waals surface area (Å²) >= 11 is 0. The number of piperazine rings is 1. The molecule has 0 bridgehead atoms. The third kappa shape index (κ3) is 5.99. The van der Waals surface area contributed by atoms with Crippen molar-refractivity contribution in [3.63, 3.8) is 0 Å². The first kappa shape index (κ1) is 19.2. The van der Waals surface area contributed by atoms with Gasteiger partial charge in [-0.15, -0.1) is 0 Å². The van der Waals surface area contributed by atoms with E-state index in [2.05, 4.69) is 39.6 Å². The monoisotopic (exact) mass is 358 g/mol. The summed E-state index contributed by atoms with van der Waals surface area (Å²) in [5.74, 6) is 0.0958. The Labute approximate surface area is 158 Å². The molecule has 1 saturated carbocycles. The molecule has 0 aromatic heterocycles. The van der Waals surface area contributed by atoms with Crippen molar-refractivity contribution in [3.05, 3.63) is 24.3 Å². The van der Waals surface area contributed by atoms with E-state index < -0.39 is 0 Å². The van der Waals surface area contributed by atoms with Crippen LogP contribution in [0.2, 0.25) is 0 Å². The summed E-state index contributed by atoms with van der Waals surface area (Å²) in [7, 11) is 2.17. The van der Waals surface area contributed by atoms with Crippen LogP contribution in [0.5, 0.6) is 0 Å². The van der Waals surface area contributed by atoms with Crippen LogP contribution in [0.3, 0.4) is 0 Å². The molecule has 1 aromatic carbocycles. The second-order valence-electron chi connectivity index (χ2n) is 7.78. The largest absolute Gasteiger partial charge is 0.369 e. The van der Waals surface area contributed by atoms with Gasteiger partial charge in [0.1, 0.15) is 0 Å². The van der Waals surface area contributed by atoms with Crippen LogP contribution in [0.4, 0.5) is 11.4 Å². The molecule has 144 valence electrons. The van der Waals surface area contributed by atoms with E-state index in [0.29, 0.717) is 12.5 Å². The topological polar surface area (TPSA) is 47.6 Å². The normalized spacial score (nSPS) is 20.0. The SMILES string of the molecule is CN1CCN(c2ccc(NC(=O)CCNC3CCCCCC3)cc2)CC1. The van der Waals surface area contributed by atoms with E-state index in [4.69, 9.17) is 0 Å². The highest BCUT2D eigenvalue weighted by Gasteiger charge is 2.14. The molecule has 1 aromatic rings. The van der Waals surface area contributed by atoms with Crippen LogP contribution < -0.4 is 15.5 Å². The Morgan fingerprint density at radius 3 is 2.31 bits per heavy atom. The van der Waals surface area contributed by atoms with Gasteiger partial charge in [-0.1, -0.05) is 25.7 Å². The lowest BCUT2D eigenvalue weighted by molar-refractivity contribution is -0.116. The second kappa shape index (κ2) is 9.93. The van der Waals surface area contributed by atoms with Crippen LogP contribution >= 0.6 is 0 Å². The van der Waals surface area contributed by atoms with Gasteiger partial charge in [-0.05, 0) is 44.2 Å². The van der Waals surface area contributed by atoms with Crippen LogP contribution in [0.25, 0.3) is 0 Å². The molecule has 2 N–H and O–H groups in total. The number of amides is 1. The minimum absolute atomic E-state index is 0.0958. The van der Waals surface area contributed by atoms with Crippen LogP contribution in [0, 0.1) is 0 Å². The van der Waals surface area contributed by atoms with Crippen molar-refractivity contribution in [2.45, 2.75) is 51.0 Å². The van der Waals surface area contributed by atoms with Gasteiger partial charge in [0.05, 0.1) is 0 Å². The van der Waals surface area contributed by atoms with Gasteiger partial charge in [0.2, 0.25) is 5.91 Å². The maximum atomic E-state index is 12.2. The number of benzene rings is 1. The maximum Gasteiger partial charge on any atom is 0.225 e. The third-order valence-electron chi connectivity index (χ3n) is 5.66. The molecule has 0 unspecified atom stereocenters. The Kier molecular flexibility index (Phi) is 7.32. The number of likely N-dealkylation sites (N-methyl/N-ethyl adjacent to an activating group) is 1. The second-order valence-corrected chi connectivity index (χ2v) is 7.78. The van der Waals surface area contributed by atoms with Crippen molar-refractivity contribution in [1.29, 1.82) is 0 Å². The van der Waals surface area contributed by atoms with Crippen molar-refractivity contribution in [3.8, 4) is 0 Å². The molecule has 5 heteroatoms. The number of anilines is 2. The highest BCUT2D eigenvalue weighted by molar-refractivity contribution is 5.91. The zero-order valence-electron chi connectivity index (χ0n) is 16.2. The van der Waals surface area contributed by atoms with Gasteiger partial charge in [0.15, 0.2) is 0 Å². The van der Waals surface area contributed by atoms with Crippen LogP contribution in [0.15, 0.2) is 24.3 Å². The molecule has 0 radical (unpaired) electrons. The first-order valence-corrected chi connectivity index (χ1v) is 10.3. The van der Waals surface area contributed by atoms with Gasteiger partial charge in [-0.2, -0.15) is 0 Å². The number of carbonyl (C=O) groups excluding carboxylic acids is 1. The molecule has 0 spiro atoms. The van der Waals surface area contributed by atoms with Gasteiger partial charge in [-0.3, -0.25) is 4.79 Å². The smallest absolute Gasteiger partial charge is 0.225 e. The lowest BCUT2D eigenvalue weighted by atomic mass is 10.1. The molecule has 1 saturated heterocycles. The number of nitrogens with zero attached hydrogens (tertiary/aromatic N) is 2. The number of hydrogen-bond donors (Lipinski definition) is 2.